The van der Waals surface area contributed by atoms with Gasteiger partial charge in [0.05, 0.1) is 23.2 Å². The summed E-state index contributed by atoms with van der Waals surface area (Å²) in [5, 5.41) is 13.0. The zero-order valence-electron chi connectivity index (χ0n) is 17.0. The van der Waals surface area contributed by atoms with Crippen molar-refractivity contribution in [2.45, 2.75) is 31.6 Å². The molecule has 4 nitrogen and oxygen atoms in total. The Hall–Kier alpha value is -3.23. The summed E-state index contributed by atoms with van der Waals surface area (Å²) in [4.78, 5) is 8.98. The fourth-order valence-electron chi connectivity index (χ4n) is 4.73. The number of nitrogens with one attached hydrogen (secondary N) is 1. The molecule has 5 rings (SSSR count). The zero-order chi connectivity index (χ0) is 21.6. The second-order valence-electron chi connectivity index (χ2n) is 8.17. The molecule has 0 bridgehead atoms. The highest BCUT2D eigenvalue weighted by molar-refractivity contribution is 6.34. The van der Waals surface area contributed by atoms with Crippen molar-refractivity contribution in [3.05, 3.63) is 76.3 Å². The van der Waals surface area contributed by atoms with E-state index in [4.69, 9.17) is 16.9 Å². The number of pyridine rings is 2. The molecule has 1 aliphatic carbocycles. The molecule has 0 saturated heterocycles. The minimum Gasteiger partial charge on any atom is -0.369 e. The molecule has 2 aromatic heterocycles. The standard InChI is InChI=1S/C25H20ClFN4/c1-15-16(7-11-28)8-12-29-23(15)18-6-4-5-17(22(18)27)19-13-30-24-20(21(19)26)25(14-31-24)9-2-3-10-25/h2-6,8,12-13H,7,9-10,14H2,1H3,(H,30,31). The lowest BCUT2D eigenvalue weighted by Gasteiger charge is -2.24. The van der Waals surface area contributed by atoms with Gasteiger partial charge in [-0.15, -0.1) is 0 Å². The quantitative estimate of drug-likeness (QED) is 0.518. The lowest BCUT2D eigenvalue weighted by atomic mass is 9.80. The number of fused-ring (bicyclic) bond motifs is 2. The molecule has 0 atom stereocenters. The van der Waals surface area contributed by atoms with E-state index >= 15 is 4.39 Å². The van der Waals surface area contributed by atoms with E-state index in [9.17, 15) is 0 Å². The van der Waals surface area contributed by atoms with Crippen LogP contribution in [-0.2, 0) is 11.8 Å². The van der Waals surface area contributed by atoms with Gasteiger partial charge in [0, 0.05) is 46.6 Å². The second-order valence-corrected chi connectivity index (χ2v) is 8.55. The van der Waals surface area contributed by atoms with Gasteiger partial charge >= 0.3 is 0 Å². The van der Waals surface area contributed by atoms with Crippen LogP contribution in [0.4, 0.5) is 10.2 Å². The number of rotatable bonds is 3. The highest BCUT2D eigenvalue weighted by Gasteiger charge is 2.42. The van der Waals surface area contributed by atoms with Crippen molar-refractivity contribution in [1.82, 2.24) is 9.97 Å². The first kappa shape index (κ1) is 19.7. The van der Waals surface area contributed by atoms with Gasteiger partial charge in [-0.1, -0.05) is 35.9 Å². The van der Waals surface area contributed by atoms with Crippen LogP contribution in [0.5, 0.6) is 0 Å². The SMILES string of the molecule is Cc1c(CC#N)ccnc1-c1cccc(-c2cnc3c(c2Cl)C2(CC=CC2)CN3)c1F. The normalized spacial score (nSPS) is 15.7. The van der Waals surface area contributed by atoms with Gasteiger partial charge < -0.3 is 5.32 Å². The third-order valence-corrected chi connectivity index (χ3v) is 6.85. The average molecular weight is 431 g/mol. The van der Waals surface area contributed by atoms with E-state index in [0.29, 0.717) is 27.4 Å². The van der Waals surface area contributed by atoms with E-state index in [1.807, 2.05) is 6.92 Å². The Morgan fingerprint density at radius 1 is 1.16 bits per heavy atom. The summed E-state index contributed by atoms with van der Waals surface area (Å²) in [5.41, 5.74) is 4.44. The summed E-state index contributed by atoms with van der Waals surface area (Å²) < 4.78 is 15.8. The average Bonchev–Trinajstić information content (AvgIpc) is 3.39. The van der Waals surface area contributed by atoms with Crippen molar-refractivity contribution in [2.24, 2.45) is 0 Å². The number of aromatic nitrogens is 2. The first-order valence-electron chi connectivity index (χ1n) is 10.2. The Bertz CT molecular complexity index is 1270. The third-order valence-electron chi connectivity index (χ3n) is 6.45. The van der Waals surface area contributed by atoms with Gasteiger partial charge in [-0.2, -0.15) is 5.26 Å². The largest absolute Gasteiger partial charge is 0.369 e. The fraction of sp³-hybridized carbons (Fsp3) is 0.240. The fourth-order valence-corrected chi connectivity index (χ4v) is 5.17. The molecule has 2 aliphatic rings. The van der Waals surface area contributed by atoms with Crippen LogP contribution in [0.1, 0.15) is 29.5 Å². The molecule has 1 spiro atoms. The van der Waals surface area contributed by atoms with E-state index in [0.717, 1.165) is 41.9 Å². The van der Waals surface area contributed by atoms with Gasteiger partial charge in [0.25, 0.3) is 0 Å². The van der Waals surface area contributed by atoms with Crippen LogP contribution in [0.2, 0.25) is 5.02 Å². The van der Waals surface area contributed by atoms with E-state index in [-0.39, 0.29) is 17.7 Å². The van der Waals surface area contributed by atoms with Crippen LogP contribution in [0.15, 0.2) is 48.8 Å². The summed E-state index contributed by atoms with van der Waals surface area (Å²) in [6, 6.07) is 9.20. The van der Waals surface area contributed by atoms with Crippen molar-refractivity contribution in [1.29, 1.82) is 5.26 Å². The van der Waals surface area contributed by atoms with Crippen LogP contribution < -0.4 is 5.32 Å². The predicted octanol–water partition coefficient (Wildman–Crippen LogP) is 5.99. The minimum absolute atomic E-state index is 0.104. The smallest absolute Gasteiger partial charge is 0.140 e. The number of halogens is 2. The van der Waals surface area contributed by atoms with Gasteiger partial charge in [-0.25, -0.2) is 9.37 Å². The number of hydrogen-bond donors (Lipinski definition) is 1. The molecular weight excluding hydrogens is 411 g/mol. The molecule has 3 heterocycles. The molecule has 1 N–H and O–H groups in total. The maximum atomic E-state index is 15.8. The lowest BCUT2D eigenvalue weighted by Crippen LogP contribution is -2.25. The molecule has 3 aromatic rings. The molecule has 31 heavy (non-hydrogen) atoms. The van der Waals surface area contributed by atoms with Crippen LogP contribution in [0.3, 0.4) is 0 Å². The third kappa shape index (κ3) is 3.02. The highest BCUT2D eigenvalue weighted by atomic mass is 35.5. The molecule has 0 saturated carbocycles. The van der Waals surface area contributed by atoms with Crippen molar-refractivity contribution in [2.75, 3.05) is 11.9 Å². The van der Waals surface area contributed by atoms with Crippen LogP contribution in [-0.4, -0.2) is 16.5 Å². The molecule has 0 amide bonds. The van der Waals surface area contributed by atoms with Crippen LogP contribution in [0.25, 0.3) is 22.4 Å². The zero-order valence-corrected chi connectivity index (χ0v) is 17.8. The predicted molar refractivity (Wildman–Crippen MR) is 120 cm³/mol. The Labute approximate surface area is 185 Å². The summed E-state index contributed by atoms with van der Waals surface area (Å²) >= 11 is 6.90. The van der Waals surface area contributed by atoms with Gasteiger partial charge in [-0.05, 0) is 43.0 Å². The van der Waals surface area contributed by atoms with Gasteiger partial charge in [0.1, 0.15) is 11.6 Å². The van der Waals surface area contributed by atoms with E-state index in [2.05, 4.69) is 33.5 Å². The molecular formula is C25H20ClFN4. The maximum Gasteiger partial charge on any atom is 0.140 e. The second kappa shape index (κ2) is 7.47. The van der Waals surface area contributed by atoms with Gasteiger partial charge in [0.15, 0.2) is 0 Å². The summed E-state index contributed by atoms with van der Waals surface area (Å²) in [5.74, 6) is 0.399. The Morgan fingerprint density at radius 3 is 2.71 bits per heavy atom. The van der Waals surface area contributed by atoms with Crippen molar-refractivity contribution in [3.8, 4) is 28.5 Å². The molecule has 154 valence electrons. The van der Waals surface area contributed by atoms with E-state index in [1.165, 1.54) is 0 Å². The topological polar surface area (TPSA) is 61.6 Å². The minimum atomic E-state index is -0.389. The molecule has 6 heteroatoms. The molecule has 0 fully saturated rings. The Kier molecular flexibility index (Phi) is 4.75. The van der Waals surface area contributed by atoms with Crippen LogP contribution in [0, 0.1) is 24.1 Å². The first-order valence-corrected chi connectivity index (χ1v) is 10.6. The molecule has 0 unspecified atom stereocenters. The number of hydrogen-bond acceptors (Lipinski definition) is 4. The van der Waals surface area contributed by atoms with Crippen molar-refractivity contribution >= 4 is 17.4 Å². The van der Waals surface area contributed by atoms with Crippen molar-refractivity contribution < 1.29 is 4.39 Å². The van der Waals surface area contributed by atoms with Crippen LogP contribution >= 0.6 is 11.6 Å². The van der Waals surface area contributed by atoms with Gasteiger partial charge in [-0.3, -0.25) is 4.98 Å². The van der Waals surface area contributed by atoms with Gasteiger partial charge in [0.2, 0.25) is 0 Å². The monoisotopic (exact) mass is 430 g/mol. The molecule has 0 radical (unpaired) electrons. The number of benzene rings is 1. The van der Waals surface area contributed by atoms with E-state index < -0.39 is 0 Å². The number of anilines is 1. The van der Waals surface area contributed by atoms with Crippen molar-refractivity contribution in [3.63, 3.8) is 0 Å². The first-order chi connectivity index (χ1) is 15.1. The Morgan fingerprint density at radius 2 is 1.94 bits per heavy atom. The number of nitrogens with zero attached hydrogens (tertiary/aromatic N) is 3. The lowest BCUT2D eigenvalue weighted by molar-refractivity contribution is 0.509. The summed E-state index contributed by atoms with van der Waals surface area (Å²) in [6.07, 6.45) is 9.65. The number of allylic oxidation sites excluding steroid dienone is 2. The molecule has 1 aliphatic heterocycles. The summed E-state index contributed by atoms with van der Waals surface area (Å²) in [7, 11) is 0. The van der Waals surface area contributed by atoms with E-state index in [1.54, 1.807) is 36.7 Å². The highest BCUT2D eigenvalue weighted by Crippen LogP contribution is 2.50. The number of nitriles is 1. The molecule has 1 aromatic carbocycles. The maximum absolute atomic E-state index is 15.8. The Balaban J connectivity index is 1.65. The summed E-state index contributed by atoms with van der Waals surface area (Å²) in [6.45, 7) is 2.65.